The Morgan fingerprint density at radius 2 is 2.10 bits per heavy atom. The lowest BCUT2D eigenvalue weighted by molar-refractivity contribution is -0.151. The van der Waals surface area contributed by atoms with E-state index in [1.54, 1.807) is 32.0 Å². The summed E-state index contributed by atoms with van der Waals surface area (Å²) in [6.45, 7) is 1.62. The Labute approximate surface area is 242 Å². The number of aliphatic hydroxyl groups excluding tert-OH is 1. The molecule has 0 saturated carbocycles. The van der Waals surface area contributed by atoms with E-state index >= 15 is 0 Å². The van der Waals surface area contributed by atoms with E-state index in [9.17, 15) is 19.3 Å². The van der Waals surface area contributed by atoms with E-state index in [4.69, 9.17) is 44.3 Å². The summed E-state index contributed by atoms with van der Waals surface area (Å²) in [4.78, 5) is 35.2. The molecule has 1 saturated heterocycles. The van der Waals surface area contributed by atoms with Gasteiger partial charge in [0.05, 0.1) is 33.8 Å². The third-order valence-corrected chi connectivity index (χ3v) is 7.94. The first kappa shape index (κ1) is 27.7. The zero-order valence-corrected chi connectivity index (χ0v) is 23.8. The molecular weight excluding hydrogens is 579 g/mol. The smallest absolute Gasteiger partial charge is 0.380 e. The van der Waals surface area contributed by atoms with Crippen LogP contribution in [0.5, 0.6) is 5.75 Å². The maximum absolute atomic E-state index is 14.1. The van der Waals surface area contributed by atoms with E-state index in [1.807, 2.05) is 0 Å². The summed E-state index contributed by atoms with van der Waals surface area (Å²) in [5.41, 5.74) is 9.06. The van der Waals surface area contributed by atoms with Gasteiger partial charge in [-0.2, -0.15) is 4.98 Å². The SMILES string of the molecule is [2H]C([2H])(O[P@@](=O)(C[C@@H](C)C(=O)OC(C)C)Oc1ccccc1)[C@H]1O[C@@H](n2cnc3c(=O)[nH]c(N)nc32)C(N)(C#CCl)[C@H]1O. The largest absolute Gasteiger partial charge is 0.463 e. The molecule has 41 heavy (non-hydrogen) atoms. The maximum Gasteiger partial charge on any atom is 0.380 e. The van der Waals surface area contributed by atoms with Gasteiger partial charge in [-0.3, -0.25) is 23.7 Å². The number of fused-ring (bicyclic) bond motifs is 1. The van der Waals surface area contributed by atoms with Gasteiger partial charge in [0, 0.05) is 5.38 Å². The van der Waals surface area contributed by atoms with Crippen molar-refractivity contribution in [2.45, 2.75) is 50.8 Å². The number of aliphatic hydroxyl groups is 1. The van der Waals surface area contributed by atoms with Crippen molar-refractivity contribution in [2.24, 2.45) is 11.7 Å². The highest BCUT2D eigenvalue weighted by molar-refractivity contribution is 7.54. The predicted molar refractivity (Wildman–Crippen MR) is 149 cm³/mol. The zero-order chi connectivity index (χ0) is 31.7. The monoisotopic (exact) mass is 610 g/mol. The van der Waals surface area contributed by atoms with Crippen LogP contribution in [-0.4, -0.2) is 67.2 Å². The molecule has 0 aliphatic carbocycles. The number of nitrogens with two attached hydrogens (primary N) is 2. The first-order valence-electron chi connectivity index (χ1n) is 13.3. The number of nitrogen functional groups attached to an aromatic ring is 1. The first-order valence-corrected chi connectivity index (χ1v) is 14.4. The van der Waals surface area contributed by atoms with Crippen LogP contribution >= 0.6 is 19.2 Å². The molecule has 0 radical (unpaired) electrons. The Balaban J connectivity index is 1.71. The van der Waals surface area contributed by atoms with Gasteiger partial charge in [0.25, 0.3) is 5.56 Å². The van der Waals surface area contributed by atoms with Crippen LogP contribution in [-0.2, 0) is 23.4 Å². The number of nitrogens with one attached hydrogen (secondary N) is 1. The zero-order valence-electron chi connectivity index (χ0n) is 24.2. The Bertz CT molecular complexity index is 1660. The molecule has 0 spiro atoms. The second kappa shape index (κ2) is 12.2. The Morgan fingerprint density at radius 3 is 2.76 bits per heavy atom. The van der Waals surface area contributed by atoms with Crippen molar-refractivity contribution in [1.29, 1.82) is 0 Å². The van der Waals surface area contributed by atoms with E-state index in [1.165, 1.54) is 19.1 Å². The number of hydrogen-bond donors (Lipinski definition) is 4. The summed E-state index contributed by atoms with van der Waals surface area (Å²) in [5, 5.41) is 13.4. The Kier molecular flexibility index (Phi) is 8.25. The molecule has 3 heterocycles. The summed E-state index contributed by atoms with van der Waals surface area (Å²) in [7, 11) is -4.55. The van der Waals surface area contributed by atoms with Crippen LogP contribution in [0.1, 0.15) is 29.7 Å². The van der Waals surface area contributed by atoms with Crippen molar-refractivity contribution in [3.8, 4) is 17.0 Å². The number of hydrogen-bond acceptors (Lipinski definition) is 12. The topological polar surface area (TPSA) is 207 Å². The average molecular weight is 611 g/mol. The fourth-order valence-electron chi connectivity index (χ4n) is 4.07. The third kappa shape index (κ3) is 6.56. The number of imidazole rings is 1. The highest BCUT2D eigenvalue weighted by Gasteiger charge is 2.55. The number of benzene rings is 1. The fourth-order valence-corrected chi connectivity index (χ4v) is 5.95. The molecule has 6 atom stereocenters. The molecule has 1 aromatic carbocycles. The first-order chi connectivity index (χ1) is 20.1. The molecule has 1 fully saturated rings. The summed E-state index contributed by atoms with van der Waals surface area (Å²) in [6.07, 6.45) is -5.42. The van der Waals surface area contributed by atoms with Gasteiger partial charge in [-0.15, -0.1) is 0 Å². The van der Waals surface area contributed by atoms with E-state index in [0.717, 1.165) is 10.9 Å². The summed E-state index contributed by atoms with van der Waals surface area (Å²) >= 11 is 5.66. The fraction of sp³-hybridized carbons (Fsp3) is 0.440. The molecular formula is C25H30ClN6O8P. The van der Waals surface area contributed by atoms with Crippen LogP contribution in [0.4, 0.5) is 5.95 Å². The molecule has 1 aliphatic heterocycles. The number of para-hydroxylation sites is 1. The van der Waals surface area contributed by atoms with Crippen LogP contribution in [0.3, 0.4) is 0 Å². The van der Waals surface area contributed by atoms with Gasteiger partial charge >= 0.3 is 13.6 Å². The minimum Gasteiger partial charge on any atom is -0.463 e. The van der Waals surface area contributed by atoms with E-state index in [2.05, 4.69) is 26.3 Å². The normalized spacial score (nSPS) is 25.5. The summed E-state index contributed by atoms with van der Waals surface area (Å²) in [5.74, 6) is 0.467. The molecule has 3 aromatic rings. The van der Waals surface area contributed by atoms with Gasteiger partial charge in [0.1, 0.15) is 18.0 Å². The number of ether oxygens (including phenoxy) is 2. The minimum atomic E-state index is -4.55. The second-order valence-electron chi connectivity index (χ2n) is 9.58. The van der Waals surface area contributed by atoms with E-state index in [0.29, 0.717) is 0 Å². The lowest BCUT2D eigenvalue weighted by atomic mass is 9.92. The Hall–Kier alpha value is -3.44. The van der Waals surface area contributed by atoms with Crippen molar-refractivity contribution in [3.63, 3.8) is 0 Å². The van der Waals surface area contributed by atoms with Crippen LogP contribution in [0.25, 0.3) is 11.2 Å². The number of aromatic amines is 1. The number of anilines is 1. The molecule has 0 amide bonds. The Morgan fingerprint density at radius 1 is 1.39 bits per heavy atom. The van der Waals surface area contributed by atoms with Crippen molar-refractivity contribution in [1.82, 2.24) is 19.5 Å². The summed E-state index contributed by atoms with van der Waals surface area (Å²) in [6, 6.07) is 7.79. The molecule has 1 aliphatic rings. The molecule has 220 valence electrons. The number of halogens is 1. The van der Waals surface area contributed by atoms with Gasteiger partial charge in [-0.1, -0.05) is 31.0 Å². The van der Waals surface area contributed by atoms with E-state index < -0.39 is 67.8 Å². The molecule has 14 nitrogen and oxygen atoms in total. The predicted octanol–water partition coefficient (Wildman–Crippen LogP) is 1.73. The quantitative estimate of drug-likeness (QED) is 0.147. The average Bonchev–Trinajstić information content (AvgIpc) is 3.42. The number of carbonyl (C=O) groups excluding carboxylic acids is 1. The molecule has 4 rings (SSSR count). The van der Waals surface area contributed by atoms with Crippen molar-refractivity contribution >= 4 is 42.3 Å². The van der Waals surface area contributed by atoms with Crippen LogP contribution in [0.15, 0.2) is 41.5 Å². The van der Waals surface area contributed by atoms with Gasteiger partial charge in [-0.05, 0) is 37.6 Å². The van der Waals surface area contributed by atoms with Crippen LogP contribution < -0.4 is 21.6 Å². The van der Waals surface area contributed by atoms with Crippen LogP contribution in [0.2, 0.25) is 0 Å². The molecule has 1 unspecified atom stereocenters. The number of rotatable bonds is 10. The van der Waals surface area contributed by atoms with Gasteiger partial charge in [0.2, 0.25) is 5.95 Å². The highest BCUT2D eigenvalue weighted by atomic mass is 35.5. The number of carbonyl (C=O) groups is 1. The third-order valence-electron chi connectivity index (χ3n) is 5.97. The van der Waals surface area contributed by atoms with Crippen molar-refractivity contribution in [2.75, 3.05) is 18.5 Å². The van der Waals surface area contributed by atoms with Crippen molar-refractivity contribution < 1.29 is 35.7 Å². The number of H-pyrrole nitrogens is 1. The number of nitrogens with zero attached hydrogens (tertiary/aromatic N) is 3. The highest BCUT2D eigenvalue weighted by Crippen LogP contribution is 2.51. The molecule has 16 heteroatoms. The van der Waals surface area contributed by atoms with Gasteiger partial charge < -0.3 is 30.6 Å². The maximum atomic E-state index is 14.1. The summed E-state index contributed by atoms with van der Waals surface area (Å²) < 4.78 is 54.9. The van der Waals surface area contributed by atoms with E-state index in [-0.39, 0.29) is 22.9 Å². The van der Waals surface area contributed by atoms with Gasteiger partial charge in [0.15, 0.2) is 22.9 Å². The molecule has 2 aromatic heterocycles. The van der Waals surface area contributed by atoms with Crippen LogP contribution in [0, 0.1) is 17.2 Å². The lowest BCUT2D eigenvalue weighted by Gasteiger charge is -2.27. The minimum absolute atomic E-state index is 0.0665. The second-order valence-corrected chi connectivity index (χ2v) is 11.7. The number of esters is 1. The van der Waals surface area contributed by atoms with Gasteiger partial charge in [-0.25, -0.2) is 9.55 Å². The lowest BCUT2D eigenvalue weighted by Crippen LogP contribution is -2.53. The molecule has 6 N–H and O–H groups in total. The standard InChI is InChI=1S/C25H30ClN6O8P/c1-14(2)38-22(35)15(3)12-41(36,40-16-7-5-4-6-8-16)37-11-17-19(33)25(28,9-10-26)23(39-17)32-13-29-18-20(32)30-24(27)31-21(18)34/h4-8,13-15,17,19,23,33H,11-12,28H2,1-3H3,(H3,27,30,31,34)/t15-,17-,19+,23-,25?,41+/m1/s1/i11D2. The molecule has 0 bridgehead atoms. The van der Waals surface area contributed by atoms with Crippen molar-refractivity contribution in [3.05, 3.63) is 47.0 Å². The number of aromatic nitrogens is 4.